The van der Waals surface area contributed by atoms with E-state index in [9.17, 15) is 14.3 Å². The number of fused-ring (bicyclic) bond motifs is 1. The van der Waals surface area contributed by atoms with E-state index in [1.807, 2.05) is 0 Å². The van der Waals surface area contributed by atoms with Crippen LogP contribution in [0.4, 0.5) is 4.39 Å². The predicted octanol–water partition coefficient (Wildman–Crippen LogP) is 2.51. The Kier molecular flexibility index (Phi) is 3.19. The topological polar surface area (TPSA) is 78.9 Å². The maximum Gasteiger partial charge on any atom is 0.275 e. The molecule has 0 aliphatic rings. The van der Waals surface area contributed by atoms with Gasteiger partial charge < -0.3 is 10.1 Å². The van der Waals surface area contributed by atoms with Gasteiger partial charge in [0.2, 0.25) is 0 Å². The molecule has 0 atom stereocenters. The van der Waals surface area contributed by atoms with E-state index in [0.717, 1.165) is 0 Å². The van der Waals surface area contributed by atoms with Crippen molar-refractivity contribution in [2.24, 2.45) is 0 Å². The summed E-state index contributed by atoms with van der Waals surface area (Å²) in [5, 5.41) is 9.99. The highest BCUT2D eigenvalue weighted by atomic mass is 19.1. The second-order valence-electron chi connectivity index (χ2n) is 4.36. The lowest BCUT2D eigenvalue weighted by Gasteiger charge is -2.01. The van der Waals surface area contributed by atoms with Crippen LogP contribution in [0.3, 0.4) is 0 Å². The maximum atomic E-state index is 12.8. The molecule has 3 aromatic rings. The first kappa shape index (κ1) is 13.0. The van der Waals surface area contributed by atoms with Crippen LogP contribution in [0.2, 0.25) is 0 Å². The van der Waals surface area contributed by atoms with Gasteiger partial charge in [-0.3, -0.25) is 4.79 Å². The molecular formula is C15H10FN3O2. The molecule has 3 rings (SSSR count). The number of benzene rings is 1. The largest absolute Gasteiger partial charge is 0.507 e. The van der Waals surface area contributed by atoms with Crippen molar-refractivity contribution in [1.29, 1.82) is 0 Å². The molecule has 5 nitrogen and oxygen atoms in total. The number of nitrogens with zero attached hydrogens (tertiary/aromatic N) is 2. The number of nitrogens with one attached hydrogen (secondary N) is 1. The molecule has 0 fully saturated rings. The Labute approximate surface area is 118 Å². The summed E-state index contributed by atoms with van der Waals surface area (Å²) >= 11 is 0. The second kappa shape index (κ2) is 5.16. The zero-order valence-corrected chi connectivity index (χ0v) is 10.7. The summed E-state index contributed by atoms with van der Waals surface area (Å²) in [6.45, 7) is 0. The highest BCUT2D eigenvalue weighted by Crippen LogP contribution is 2.14. The molecule has 0 radical (unpaired) electrons. The van der Waals surface area contributed by atoms with Crippen molar-refractivity contribution in [1.82, 2.24) is 15.0 Å². The van der Waals surface area contributed by atoms with Gasteiger partial charge in [0.1, 0.15) is 22.8 Å². The normalized spacial score (nSPS) is 11.8. The molecule has 6 heteroatoms. The first-order chi connectivity index (χ1) is 10.1. The first-order valence-electron chi connectivity index (χ1n) is 6.15. The van der Waals surface area contributed by atoms with Gasteiger partial charge in [-0.25, -0.2) is 14.4 Å². The van der Waals surface area contributed by atoms with E-state index in [2.05, 4.69) is 15.0 Å². The Balaban J connectivity index is 2.07. The van der Waals surface area contributed by atoms with E-state index in [-0.39, 0.29) is 11.5 Å². The third kappa shape index (κ3) is 2.64. The summed E-state index contributed by atoms with van der Waals surface area (Å²) in [6.07, 6.45) is 2.78. The number of hydrogen-bond donors (Lipinski definition) is 2. The molecule has 0 aliphatic carbocycles. The zero-order valence-electron chi connectivity index (χ0n) is 10.7. The van der Waals surface area contributed by atoms with Gasteiger partial charge in [0.05, 0.1) is 0 Å². The monoisotopic (exact) mass is 283 g/mol. The minimum absolute atomic E-state index is 0.0531. The van der Waals surface area contributed by atoms with Gasteiger partial charge >= 0.3 is 0 Å². The molecule has 1 aromatic carbocycles. The molecule has 2 aromatic heterocycles. The number of halogens is 1. The maximum absolute atomic E-state index is 12.8. The van der Waals surface area contributed by atoms with Crippen molar-refractivity contribution in [3.05, 3.63) is 70.0 Å². The van der Waals surface area contributed by atoms with Crippen LogP contribution >= 0.6 is 0 Å². The summed E-state index contributed by atoms with van der Waals surface area (Å²) in [6, 6.07) is 8.67. The second-order valence-corrected chi connectivity index (χ2v) is 4.36. The van der Waals surface area contributed by atoms with E-state index >= 15 is 0 Å². The fourth-order valence-electron chi connectivity index (χ4n) is 1.87. The van der Waals surface area contributed by atoms with E-state index in [1.54, 1.807) is 18.3 Å². The predicted molar refractivity (Wildman–Crippen MR) is 77.1 cm³/mol. The van der Waals surface area contributed by atoms with E-state index < -0.39 is 11.4 Å². The van der Waals surface area contributed by atoms with Gasteiger partial charge in [-0.15, -0.1) is 0 Å². The highest BCUT2D eigenvalue weighted by Gasteiger charge is 2.06. The van der Waals surface area contributed by atoms with Crippen molar-refractivity contribution in [3.8, 4) is 0 Å². The summed E-state index contributed by atoms with van der Waals surface area (Å²) in [5.41, 5.74) is 0.868. The zero-order chi connectivity index (χ0) is 14.8. The highest BCUT2D eigenvalue weighted by molar-refractivity contribution is 5.77. The number of aliphatic hydroxyl groups excluding tert-OH is 1. The Bertz CT molecular complexity index is 885. The molecular weight excluding hydrogens is 273 g/mol. The van der Waals surface area contributed by atoms with Gasteiger partial charge in [-0.2, -0.15) is 0 Å². The molecule has 0 bridgehead atoms. The van der Waals surface area contributed by atoms with Gasteiger partial charge in [-0.05, 0) is 36.4 Å². The molecule has 104 valence electrons. The average molecular weight is 283 g/mol. The van der Waals surface area contributed by atoms with Gasteiger partial charge in [0, 0.05) is 17.8 Å². The standard InChI is InChI=1S/C15H10FN3O2/c16-10-5-3-9(4-6-10)13(20)8-12-15(21)19-14-11(18-12)2-1-7-17-14/h1-8,20H,(H,17,19,21). The van der Waals surface area contributed by atoms with Crippen molar-refractivity contribution < 1.29 is 9.50 Å². The minimum atomic E-state index is -0.463. The van der Waals surface area contributed by atoms with Gasteiger partial charge in [-0.1, -0.05) is 0 Å². The smallest absolute Gasteiger partial charge is 0.275 e. The van der Waals surface area contributed by atoms with Crippen molar-refractivity contribution in [2.75, 3.05) is 0 Å². The summed E-state index contributed by atoms with van der Waals surface area (Å²) < 4.78 is 12.8. The fourth-order valence-corrected chi connectivity index (χ4v) is 1.87. The Hall–Kier alpha value is -3.02. The van der Waals surface area contributed by atoms with Crippen LogP contribution in [0, 0.1) is 5.82 Å². The lowest BCUT2D eigenvalue weighted by molar-refractivity contribution is 0.515. The van der Waals surface area contributed by atoms with Gasteiger partial charge in [0.25, 0.3) is 5.56 Å². The van der Waals surface area contributed by atoms with Crippen molar-refractivity contribution >= 4 is 23.0 Å². The quantitative estimate of drug-likeness (QED) is 0.708. The van der Waals surface area contributed by atoms with Gasteiger partial charge in [0.15, 0.2) is 5.65 Å². The van der Waals surface area contributed by atoms with Crippen LogP contribution in [0.25, 0.3) is 23.0 Å². The first-order valence-corrected chi connectivity index (χ1v) is 6.15. The summed E-state index contributed by atoms with van der Waals surface area (Å²) in [5.74, 6) is -0.574. The molecule has 0 aliphatic heterocycles. The Morgan fingerprint density at radius 3 is 2.76 bits per heavy atom. The van der Waals surface area contributed by atoms with Crippen LogP contribution in [-0.2, 0) is 0 Å². The molecule has 0 unspecified atom stereocenters. The molecule has 0 saturated carbocycles. The Morgan fingerprint density at radius 1 is 1.24 bits per heavy atom. The van der Waals surface area contributed by atoms with E-state index in [1.165, 1.54) is 30.3 Å². The van der Waals surface area contributed by atoms with Crippen molar-refractivity contribution in [2.45, 2.75) is 0 Å². The SMILES string of the molecule is O=c1[nH]c2ncccc2nc1C=C(O)c1ccc(F)cc1. The molecule has 2 heterocycles. The average Bonchev–Trinajstić information content (AvgIpc) is 2.48. The molecule has 0 saturated heterocycles. The van der Waals surface area contributed by atoms with Crippen molar-refractivity contribution in [3.63, 3.8) is 0 Å². The molecule has 0 spiro atoms. The third-order valence-electron chi connectivity index (χ3n) is 2.91. The van der Waals surface area contributed by atoms with Crippen LogP contribution in [0.1, 0.15) is 11.3 Å². The number of H-pyrrole nitrogens is 1. The summed E-state index contributed by atoms with van der Waals surface area (Å²) in [4.78, 5) is 22.6. The number of hydrogen-bond acceptors (Lipinski definition) is 4. The number of aromatic nitrogens is 3. The Morgan fingerprint density at radius 2 is 2.00 bits per heavy atom. The van der Waals surface area contributed by atoms with E-state index in [4.69, 9.17) is 0 Å². The lowest BCUT2D eigenvalue weighted by Crippen LogP contribution is -2.12. The number of aliphatic hydroxyl groups is 1. The molecule has 0 amide bonds. The number of pyridine rings is 1. The van der Waals surface area contributed by atoms with Crippen LogP contribution < -0.4 is 5.56 Å². The number of aromatic amines is 1. The minimum Gasteiger partial charge on any atom is -0.507 e. The number of rotatable bonds is 2. The third-order valence-corrected chi connectivity index (χ3v) is 2.91. The summed E-state index contributed by atoms with van der Waals surface area (Å²) in [7, 11) is 0. The van der Waals surface area contributed by atoms with Crippen LogP contribution in [0.5, 0.6) is 0 Å². The van der Waals surface area contributed by atoms with Crippen LogP contribution in [0.15, 0.2) is 47.4 Å². The lowest BCUT2D eigenvalue weighted by atomic mass is 10.1. The fraction of sp³-hybridized carbons (Fsp3) is 0. The molecule has 2 N–H and O–H groups in total. The molecule has 21 heavy (non-hydrogen) atoms. The van der Waals surface area contributed by atoms with Crippen LogP contribution in [-0.4, -0.2) is 20.1 Å². The van der Waals surface area contributed by atoms with E-state index in [0.29, 0.717) is 16.7 Å².